The zero-order chi connectivity index (χ0) is 16.4. The Hall–Kier alpha value is -2.60. The molecule has 0 bridgehead atoms. The van der Waals surface area contributed by atoms with Crippen LogP contribution in [0.4, 0.5) is 5.69 Å². The van der Waals surface area contributed by atoms with Gasteiger partial charge in [0.25, 0.3) is 10.0 Å². The van der Waals surface area contributed by atoms with Gasteiger partial charge in [-0.05, 0) is 24.6 Å². The second kappa shape index (κ2) is 5.89. The molecule has 0 saturated carbocycles. The Balaban J connectivity index is 2.03. The Morgan fingerprint density at radius 3 is 2.35 bits per heavy atom. The van der Waals surface area contributed by atoms with Crippen molar-refractivity contribution in [2.24, 2.45) is 4.40 Å². The summed E-state index contributed by atoms with van der Waals surface area (Å²) in [6.07, 6.45) is 0. The fourth-order valence-electron chi connectivity index (χ4n) is 2.48. The number of rotatable bonds is 3. The summed E-state index contributed by atoms with van der Waals surface area (Å²) in [4.78, 5) is 0.232. The van der Waals surface area contributed by atoms with Gasteiger partial charge in [-0.15, -0.1) is 4.40 Å². The van der Waals surface area contributed by atoms with Gasteiger partial charge in [0.1, 0.15) is 16.5 Å². The topological polar surface area (TPSA) is 67.8 Å². The van der Waals surface area contributed by atoms with Crippen molar-refractivity contribution in [1.82, 2.24) is 0 Å². The molecule has 3 rings (SSSR count). The molecule has 23 heavy (non-hydrogen) atoms. The molecule has 1 aliphatic heterocycles. The second-order valence-corrected chi connectivity index (χ2v) is 6.60. The Kier molecular flexibility index (Phi) is 3.92. The van der Waals surface area contributed by atoms with Gasteiger partial charge < -0.3 is 10.1 Å². The van der Waals surface area contributed by atoms with Gasteiger partial charge >= 0.3 is 0 Å². The minimum absolute atomic E-state index is 0.232. The monoisotopic (exact) mass is 328 g/mol. The molecule has 0 aromatic heterocycles. The van der Waals surface area contributed by atoms with E-state index in [1.807, 2.05) is 24.3 Å². The highest BCUT2D eigenvalue weighted by Gasteiger charge is 2.31. The molecule has 0 radical (unpaired) electrons. The number of hydrogen-bond acceptors (Lipinski definition) is 4. The van der Waals surface area contributed by atoms with E-state index >= 15 is 0 Å². The lowest BCUT2D eigenvalue weighted by Gasteiger charge is -2.11. The molecule has 6 heteroatoms. The molecule has 0 atom stereocenters. The molecular formula is C17H16N2O3S. The first-order valence-corrected chi connectivity index (χ1v) is 8.48. The van der Waals surface area contributed by atoms with Crippen molar-refractivity contribution in [1.29, 1.82) is 0 Å². The molecular weight excluding hydrogens is 312 g/mol. The van der Waals surface area contributed by atoms with Crippen LogP contribution in [-0.4, -0.2) is 21.4 Å². The van der Waals surface area contributed by atoms with Crippen LogP contribution >= 0.6 is 0 Å². The molecule has 2 aromatic rings. The normalized spacial score (nSPS) is 16.2. The Labute approximate surface area is 135 Å². The minimum atomic E-state index is -3.71. The molecule has 1 aliphatic rings. The van der Waals surface area contributed by atoms with Crippen LogP contribution < -0.4 is 10.1 Å². The number of sulfonamides is 1. The number of nitrogens with one attached hydrogen (secondary N) is 1. The highest BCUT2D eigenvalue weighted by molar-refractivity contribution is 8.00. The Morgan fingerprint density at radius 1 is 1.00 bits per heavy atom. The van der Waals surface area contributed by atoms with Gasteiger partial charge in [-0.3, -0.25) is 0 Å². The maximum atomic E-state index is 12.4. The van der Waals surface area contributed by atoms with Gasteiger partial charge in [-0.25, -0.2) is 0 Å². The molecule has 2 aromatic carbocycles. The Bertz CT molecular complexity index is 900. The van der Waals surface area contributed by atoms with Crippen molar-refractivity contribution in [3.63, 3.8) is 0 Å². The van der Waals surface area contributed by atoms with E-state index in [4.69, 9.17) is 4.74 Å². The van der Waals surface area contributed by atoms with Gasteiger partial charge in [-0.2, -0.15) is 8.42 Å². The highest BCUT2D eigenvalue weighted by Crippen LogP contribution is 2.34. The summed E-state index contributed by atoms with van der Waals surface area (Å²) in [6, 6.07) is 16.3. The zero-order valence-corrected chi connectivity index (χ0v) is 13.6. The number of benzene rings is 2. The van der Waals surface area contributed by atoms with E-state index in [1.54, 1.807) is 44.4 Å². The molecule has 0 spiro atoms. The van der Waals surface area contributed by atoms with E-state index in [0.29, 0.717) is 28.4 Å². The number of amidine groups is 1. The largest absolute Gasteiger partial charge is 0.495 e. The standard InChI is InChI=1S/C17H16N2O3S/c1-12-16(13-8-4-3-5-9-13)23(20,21)19-17(12)18-14-10-6-7-11-15(14)22-2/h3-11H,1-2H3,(H,18,19). The molecule has 0 unspecified atom stereocenters. The van der Waals surface area contributed by atoms with Crippen molar-refractivity contribution in [3.05, 3.63) is 65.7 Å². The quantitative estimate of drug-likeness (QED) is 0.939. The second-order valence-electron chi connectivity index (χ2n) is 5.06. The van der Waals surface area contributed by atoms with Crippen LogP contribution in [0, 0.1) is 0 Å². The first kappa shape index (κ1) is 15.3. The van der Waals surface area contributed by atoms with Crippen molar-refractivity contribution in [2.45, 2.75) is 6.92 Å². The Morgan fingerprint density at radius 2 is 1.65 bits per heavy atom. The lowest BCUT2D eigenvalue weighted by atomic mass is 10.1. The van der Waals surface area contributed by atoms with E-state index in [9.17, 15) is 8.42 Å². The summed E-state index contributed by atoms with van der Waals surface area (Å²) in [5, 5.41) is 3.05. The first-order valence-electron chi connectivity index (χ1n) is 7.04. The van der Waals surface area contributed by atoms with E-state index in [1.165, 1.54) is 0 Å². The minimum Gasteiger partial charge on any atom is -0.495 e. The molecule has 118 valence electrons. The van der Waals surface area contributed by atoms with Crippen LogP contribution in [-0.2, 0) is 10.0 Å². The van der Waals surface area contributed by atoms with Crippen LogP contribution in [0.15, 0.2) is 64.6 Å². The molecule has 5 nitrogen and oxygen atoms in total. The number of anilines is 1. The summed E-state index contributed by atoms with van der Waals surface area (Å²) in [6.45, 7) is 1.74. The van der Waals surface area contributed by atoms with Crippen LogP contribution in [0.1, 0.15) is 12.5 Å². The van der Waals surface area contributed by atoms with Crippen molar-refractivity contribution in [2.75, 3.05) is 12.4 Å². The summed E-state index contributed by atoms with van der Waals surface area (Å²) < 4.78 is 34.0. The number of methoxy groups -OCH3 is 1. The van der Waals surface area contributed by atoms with E-state index in [-0.39, 0.29) is 4.91 Å². The fraction of sp³-hybridized carbons (Fsp3) is 0.118. The van der Waals surface area contributed by atoms with E-state index < -0.39 is 10.0 Å². The summed E-state index contributed by atoms with van der Waals surface area (Å²) in [5.74, 6) is 0.932. The molecule has 0 fully saturated rings. The first-order chi connectivity index (χ1) is 11.0. The third-order valence-electron chi connectivity index (χ3n) is 3.56. The summed E-state index contributed by atoms with van der Waals surface area (Å²) in [5.41, 5.74) is 1.88. The third-order valence-corrected chi connectivity index (χ3v) is 5.04. The van der Waals surface area contributed by atoms with Crippen LogP contribution in [0.25, 0.3) is 4.91 Å². The lowest BCUT2D eigenvalue weighted by Crippen LogP contribution is -2.12. The van der Waals surface area contributed by atoms with E-state index in [0.717, 1.165) is 0 Å². The molecule has 0 saturated heterocycles. The molecule has 1 N–H and O–H groups in total. The smallest absolute Gasteiger partial charge is 0.285 e. The predicted octanol–water partition coefficient (Wildman–Crippen LogP) is 3.28. The van der Waals surface area contributed by atoms with Crippen LogP contribution in [0.3, 0.4) is 0 Å². The van der Waals surface area contributed by atoms with Gasteiger partial charge in [0.05, 0.1) is 12.8 Å². The number of nitrogens with zero attached hydrogens (tertiary/aromatic N) is 1. The van der Waals surface area contributed by atoms with Crippen molar-refractivity contribution >= 4 is 26.5 Å². The lowest BCUT2D eigenvalue weighted by molar-refractivity contribution is 0.417. The number of ether oxygens (including phenoxy) is 1. The van der Waals surface area contributed by atoms with Gasteiger partial charge in [0, 0.05) is 5.57 Å². The van der Waals surface area contributed by atoms with Gasteiger partial charge in [0.2, 0.25) is 0 Å². The average molecular weight is 328 g/mol. The predicted molar refractivity (Wildman–Crippen MR) is 92.0 cm³/mol. The van der Waals surface area contributed by atoms with Crippen molar-refractivity contribution < 1.29 is 13.2 Å². The van der Waals surface area contributed by atoms with E-state index in [2.05, 4.69) is 9.71 Å². The average Bonchev–Trinajstić information content (AvgIpc) is 2.77. The third kappa shape index (κ3) is 2.85. The number of hydrogen-bond donors (Lipinski definition) is 1. The molecule has 0 amide bonds. The van der Waals surface area contributed by atoms with Crippen molar-refractivity contribution in [3.8, 4) is 5.75 Å². The molecule has 0 aliphatic carbocycles. The van der Waals surface area contributed by atoms with Crippen LogP contribution in [0.2, 0.25) is 0 Å². The highest BCUT2D eigenvalue weighted by atomic mass is 32.2. The summed E-state index contributed by atoms with van der Waals surface area (Å²) >= 11 is 0. The van der Waals surface area contributed by atoms with Crippen LogP contribution in [0.5, 0.6) is 5.75 Å². The SMILES string of the molecule is COc1ccccc1NC1=NS(=O)(=O)C(c2ccccc2)=C1C. The zero-order valence-electron chi connectivity index (χ0n) is 12.8. The summed E-state index contributed by atoms with van der Waals surface area (Å²) in [7, 11) is -2.15. The maximum Gasteiger partial charge on any atom is 0.285 e. The number of para-hydroxylation sites is 2. The van der Waals surface area contributed by atoms with Gasteiger partial charge in [-0.1, -0.05) is 42.5 Å². The fourth-order valence-corrected chi connectivity index (χ4v) is 3.91. The maximum absolute atomic E-state index is 12.4. The molecule has 1 heterocycles. The van der Waals surface area contributed by atoms with Gasteiger partial charge in [0.15, 0.2) is 0 Å².